The molecule has 0 amide bonds. The Morgan fingerprint density at radius 2 is 2.10 bits per heavy atom. The molecule has 21 heavy (non-hydrogen) atoms. The zero-order chi connectivity index (χ0) is 15.3. The SMILES string of the molecule is CCN(CC1(CNC)CCCC(C)C1)c1ccccc1C. The minimum absolute atomic E-state index is 0.435. The van der Waals surface area contributed by atoms with Gasteiger partial charge in [0.1, 0.15) is 0 Å². The molecule has 1 aliphatic carbocycles. The van der Waals surface area contributed by atoms with Crippen molar-refractivity contribution in [2.75, 3.05) is 31.6 Å². The van der Waals surface area contributed by atoms with Crippen molar-refractivity contribution in [2.45, 2.75) is 46.5 Å². The van der Waals surface area contributed by atoms with Crippen molar-refractivity contribution in [1.82, 2.24) is 5.32 Å². The molecule has 1 N–H and O–H groups in total. The van der Waals surface area contributed by atoms with Gasteiger partial charge in [-0.25, -0.2) is 0 Å². The van der Waals surface area contributed by atoms with Crippen LogP contribution in [0.5, 0.6) is 0 Å². The predicted molar refractivity (Wildman–Crippen MR) is 93.1 cm³/mol. The smallest absolute Gasteiger partial charge is 0.0396 e. The molecule has 2 heteroatoms. The molecule has 1 fully saturated rings. The maximum atomic E-state index is 3.47. The van der Waals surface area contributed by atoms with Crippen LogP contribution < -0.4 is 10.2 Å². The molecule has 0 heterocycles. The molecule has 1 aromatic rings. The maximum Gasteiger partial charge on any atom is 0.0396 e. The molecule has 1 aromatic carbocycles. The number of hydrogen-bond acceptors (Lipinski definition) is 2. The first-order valence-corrected chi connectivity index (χ1v) is 8.55. The lowest BCUT2D eigenvalue weighted by atomic mass is 9.69. The second-order valence-electron chi connectivity index (χ2n) is 7.03. The van der Waals surface area contributed by atoms with Crippen LogP contribution in [0.25, 0.3) is 0 Å². The van der Waals surface area contributed by atoms with Crippen molar-refractivity contribution >= 4 is 5.69 Å². The van der Waals surface area contributed by atoms with Crippen LogP contribution in [0.4, 0.5) is 5.69 Å². The van der Waals surface area contributed by atoms with Gasteiger partial charge in [-0.2, -0.15) is 0 Å². The van der Waals surface area contributed by atoms with E-state index in [1.165, 1.54) is 43.5 Å². The molecule has 2 rings (SSSR count). The van der Waals surface area contributed by atoms with Gasteiger partial charge in [0.15, 0.2) is 0 Å². The number of aryl methyl sites for hydroxylation is 1. The summed E-state index contributed by atoms with van der Waals surface area (Å²) in [4.78, 5) is 2.59. The van der Waals surface area contributed by atoms with Crippen LogP contribution in [0.1, 0.15) is 45.1 Å². The predicted octanol–water partition coefficient (Wildman–Crippen LogP) is 4.24. The molecule has 2 nitrogen and oxygen atoms in total. The normalized spacial score (nSPS) is 25.8. The fourth-order valence-electron chi connectivity index (χ4n) is 4.19. The third-order valence-electron chi connectivity index (χ3n) is 5.10. The van der Waals surface area contributed by atoms with Crippen molar-refractivity contribution < 1.29 is 0 Å². The van der Waals surface area contributed by atoms with E-state index in [2.05, 4.69) is 62.3 Å². The van der Waals surface area contributed by atoms with Crippen molar-refractivity contribution in [3.8, 4) is 0 Å². The Morgan fingerprint density at radius 3 is 2.71 bits per heavy atom. The average molecular weight is 288 g/mol. The Kier molecular flexibility index (Phi) is 5.69. The molecule has 1 saturated carbocycles. The van der Waals surface area contributed by atoms with Gasteiger partial charge in [0.25, 0.3) is 0 Å². The van der Waals surface area contributed by atoms with Gasteiger partial charge in [-0.3, -0.25) is 0 Å². The van der Waals surface area contributed by atoms with E-state index in [0.29, 0.717) is 5.41 Å². The minimum Gasteiger partial charge on any atom is -0.371 e. The van der Waals surface area contributed by atoms with Gasteiger partial charge in [0, 0.05) is 30.7 Å². The van der Waals surface area contributed by atoms with E-state index in [1.807, 2.05) is 0 Å². The lowest BCUT2D eigenvalue weighted by molar-refractivity contribution is 0.150. The van der Waals surface area contributed by atoms with Crippen LogP contribution in [0.3, 0.4) is 0 Å². The molecule has 0 radical (unpaired) electrons. The van der Waals surface area contributed by atoms with E-state index in [9.17, 15) is 0 Å². The van der Waals surface area contributed by atoms with Gasteiger partial charge in [-0.15, -0.1) is 0 Å². The van der Waals surface area contributed by atoms with Gasteiger partial charge >= 0.3 is 0 Å². The molecule has 1 aliphatic rings. The number of para-hydroxylation sites is 1. The number of rotatable bonds is 6. The fourth-order valence-corrected chi connectivity index (χ4v) is 4.19. The lowest BCUT2D eigenvalue weighted by Gasteiger charge is -2.44. The molecule has 118 valence electrons. The Labute approximate surface area is 130 Å². The highest BCUT2D eigenvalue weighted by atomic mass is 15.1. The van der Waals surface area contributed by atoms with Gasteiger partial charge < -0.3 is 10.2 Å². The van der Waals surface area contributed by atoms with E-state index in [4.69, 9.17) is 0 Å². The summed E-state index contributed by atoms with van der Waals surface area (Å²) >= 11 is 0. The number of hydrogen-bond donors (Lipinski definition) is 1. The van der Waals surface area contributed by atoms with Gasteiger partial charge in [-0.05, 0) is 51.3 Å². The highest BCUT2D eigenvalue weighted by molar-refractivity contribution is 5.53. The second-order valence-corrected chi connectivity index (χ2v) is 7.03. The van der Waals surface area contributed by atoms with Crippen LogP contribution in [-0.2, 0) is 0 Å². The Morgan fingerprint density at radius 1 is 1.33 bits per heavy atom. The van der Waals surface area contributed by atoms with Gasteiger partial charge in [0.05, 0.1) is 0 Å². The third kappa shape index (κ3) is 4.00. The van der Waals surface area contributed by atoms with E-state index in [-0.39, 0.29) is 0 Å². The van der Waals surface area contributed by atoms with Crippen LogP contribution in [0.15, 0.2) is 24.3 Å². The Bertz CT molecular complexity index is 439. The van der Waals surface area contributed by atoms with Crippen LogP contribution in [-0.4, -0.2) is 26.7 Å². The summed E-state index contributed by atoms with van der Waals surface area (Å²) < 4.78 is 0. The number of nitrogens with zero attached hydrogens (tertiary/aromatic N) is 1. The first-order valence-electron chi connectivity index (χ1n) is 8.55. The zero-order valence-corrected chi connectivity index (χ0v) is 14.3. The summed E-state index contributed by atoms with van der Waals surface area (Å²) in [5.41, 5.74) is 3.24. The number of benzene rings is 1. The van der Waals surface area contributed by atoms with E-state index < -0.39 is 0 Å². The van der Waals surface area contributed by atoms with Crippen molar-refractivity contribution in [3.63, 3.8) is 0 Å². The highest BCUT2D eigenvalue weighted by Crippen LogP contribution is 2.40. The average Bonchev–Trinajstić information content (AvgIpc) is 2.46. The molecule has 0 bridgehead atoms. The second kappa shape index (κ2) is 7.31. The molecule has 0 aromatic heterocycles. The fraction of sp³-hybridized carbons (Fsp3) is 0.684. The largest absolute Gasteiger partial charge is 0.371 e. The van der Waals surface area contributed by atoms with E-state index in [0.717, 1.165) is 19.0 Å². The Hall–Kier alpha value is -1.02. The quantitative estimate of drug-likeness (QED) is 0.842. The standard InChI is InChI=1S/C19H32N2/c1-5-21(18-11-7-6-10-17(18)3)15-19(14-20-4)12-8-9-16(2)13-19/h6-7,10-11,16,20H,5,8-9,12-15H2,1-4H3. The van der Waals surface area contributed by atoms with E-state index in [1.54, 1.807) is 0 Å². The summed E-state index contributed by atoms with van der Waals surface area (Å²) in [5.74, 6) is 0.864. The zero-order valence-electron chi connectivity index (χ0n) is 14.3. The Balaban J connectivity index is 2.19. The first kappa shape index (κ1) is 16.4. The molecule has 0 aliphatic heterocycles. The van der Waals surface area contributed by atoms with E-state index >= 15 is 0 Å². The van der Waals surface area contributed by atoms with Crippen LogP contribution in [0, 0.1) is 18.3 Å². The summed E-state index contributed by atoms with van der Waals surface area (Å²) in [6.45, 7) is 10.3. The van der Waals surface area contributed by atoms with Crippen molar-refractivity contribution in [1.29, 1.82) is 0 Å². The summed E-state index contributed by atoms with van der Waals surface area (Å²) in [7, 11) is 2.10. The van der Waals surface area contributed by atoms with Crippen LogP contribution in [0.2, 0.25) is 0 Å². The molecule has 2 atom stereocenters. The molecule has 2 unspecified atom stereocenters. The number of anilines is 1. The highest BCUT2D eigenvalue weighted by Gasteiger charge is 2.36. The summed E-state index contributed by atoms with van der Waals surface area (Å²) in [6, 6.07) is 8.81. The summed E-state index contributed by atoms with van der Waals surface area (Å²) in [5, 5.41) is 3.47. The van der Waals surface area contributed by atoms with Crippen molar-refractivity contribution in [2.24, 2.45) is 11.3 Å². The lowest BCUT2D eigenvalue weighted by Crippen LogP contribution is -2.46. The molecule has 0 spiro atoms. The third-order valence-corrected chi connectivity index (χ3v) is 5.10. The van der Waals surface area contributed by atoms with Crippen LogP contribution >= 0.6 is 0 Å². The first-order chi connectivity index (χ1) is 10.1. The monoisotopic (exact) mass is 288 g/mol. The summed E-state index contributed by atoms with van der Waals surface area (Å²) in [6.07, 6.45) is 5.51. The molecule has 0 saturated heterocycles. The molecular formula is C19H32N2. The topological polar surface area (TPSA) is 15.3 Å². The maximum absolute atomic E-state index is 3.47. The van der Waals surface area contributed by atoms with Gasteiger partial charge in [-0.1, -0.05) is 38.0 Å². The number of nitrogens with one attached hydrogen (secondary N) is 1. The molecular weight excluding hydrogens is 256 g/mol. The minimum atomic E-state index is 0.435. The van der Waals surface area contributed by atoms with Gasteiger partial charge in [0.2, 0.25) is 0 Å². The van der Waals surface area contributed by atoms with Crippen molar-refractivity contribution in [3.05, 3.63) is 29.8 Å².